The van der Waals surface area contributed by atoms with Gasteiger partial charge < -0.3 is 16.4 Å². The number of nitrogens with zero attached hydrogens (tertiary/aromatic N) is 4. The Labute approximate surface area is 184 Å². The molecule has 0 saturated carbocycles. The molecule has 0 spiro atoms. The van der Waals surface area contributed by atoms with Crippen molar-refractivity contribution in [1.29, 1.82) is 0 Å². The molecule has 2 aromatic carbocycles. The Hall–Kier alpha value is -3.65. The zero-order valence-corrected chi connectivity index (χ0v) is 17.9. The molecule has 2 heterocycles. The molecule has 158 valence electrons. The van der Waals surface area contributed by atoms with Gasteiger partial charge in [0.1, 0.15) is 0 Å². The van der Waals surface area contributed by atoms with E-state index in [0.29, 0.717) is 28.7 Å². The van der Waals surface area contributed by atoms with Gasteiger partial charge in [0.15, 0.2) is 0 Å². The van der Waals surface area contributed by atoms with E-state index in [2.05, 4.69) is 25.7 Å². The second-order valence-corrected chi connectivity index (χ2v) is 7.61. The van der Waals surface area contributed by atoms with Crippen LogP contribution in [0.1, 0.15) is 22.5 Å². The Bertz CT molecular complexity index is 1250. The number of aryl methyl sites for hydroxylation is 2. The Balaban J connectivity index is 1.44. The summed E-state index contributed by atoms with van der Waals surface area (Å²) in [6, 6.07) is 15.4. The number of amides is 1. The lowest BCUT2D eigenvalue weighted by Gasteiger charge is -2.12. The maximum absolute atomic E-state index is 12.7. The van der Waals surface area contributed by atoms with Crippen LogP contribution in [0.2, 0.25) is 5.02 Å². The summed E-state index contributed by atoms with van der Waals surface area (Å²) in [5, 5.41) is 10.9. The molecule has 0 radical (unpaired) electrons. The predicted octanol–water partition coefficient (Wildman–Crippen LogP) is 3.77. The van der Waals surface area contributed by atoms with Crippen LogP contribution in [-0.2, 0) is 17.8 Å². The SMILES string of the molecule is Cc1nc2nc(N)nn2c(C)c1CC(=O)Nc1ccc(NCc2ccccc2)c(Cl)c1. The summed E-state index contributed by atoms with van der Waals surface area (Å²) in [6.45, 7) is 4.36. The van der Waals surface area contributed by atoms with Crippen molar-refractivity contribution in [3.8, 4) is 0 Å². The van der Waals surface area contributed by atoms with Gasteiger partial charge in [-0.25, -0.2) is 4.98 Å². The summed E-state index contributed by atoms with van der Waals surface area (Å²) in [5.74, 6) is 0.385. The molecule has 2 aromatic heterocycles. The molecule has 0 bridgehead atoms. The van der Waals surface area contributed by atoms with Gasteiger partial charge in [-0.2, -0.15) is 9.50 Å². The molecule has 31 heavy (non-hydrogen) atoms. The third-order valence-corrected chi connectivity index (χ3v) is 5.29. The van der Waals surface area contributed by atoms with Crippen molar-refractivity contribution in [2.75, 3.05) is 16.4 Å². The summed E-state index contributed by atoms with van der Waals surface area (Å²) in [4.78, 5) is 21.1. The molecule has 0 saturated heterocycles. The number of hydrogen-bond donors (Lipinski definition) is 3. The number of nitrogens with two attached hydrogens (primary N) is 1. The van der Waals surface area contributed by atoms with Crippen molar-refractivity contribution >= 4 is 40.6 Å². The molecule has 0 fully saturated rings. The molecular formula is C22H22ClN7O. The van der Waals surface area contributed by atoms with Crippen LogP contribution >= 0.6 is 11.6 Å². The molecular weight excluding hydrogens is 414 g/mol. The number of rotatable bonds is 6. The number of aromatic nitrogens is 4. The first-order valence-electron chi connectivity index (χ1n) is 9.76. The molecule has 4 N–H and O–H groups in total. The van der Waals surface area contributed by atoms with Gasteiger partial charge >= 0.3 is 0 Å². The number of carbonyl (C=O) groups excluding carboxylic acids is 1. The molecule has 4 rings (SSSR count). The smallest absolute Gasteiger partial charge is 0.254 e. The van der Waals surface area contributed by atoms with Crippen molar-refractivity contribution in [3.05, 3.63) is 76.1 Å². The first kappa shape index (κ1) is 20.6. The first-order valence-corrected chi connectivity index (χ1v) is 10.1. The highest BCUT2D eigenvalue weighted by Gasteiger charge is 2.16. The molecule has 0 unspecified atom stereocenters. The van der Waals surface area contributed by atoms with Crippen LogP contribution in [-0.4, -0.2) is 25.5 Å². The summed E-state index contributed by atoms with van der Waals surface area (Å²) >= 11 is 6.40. The van der Waals surface area contributed by atoms with E-state index < -0.39 is 0 Å². The number of halogens is 1. The third kappa shape index (κ3) is 4.59. The molecule has 1 amide bonds. The standard InChI is InChI=1S/C22H22ClN7O/c1-13-17(14(2)30-22(26-13)28-21(24)29-30)11-20(31)27-16-8-9-19(18(23)10-16)25-12-15-6-4-3-5-7-15/h3-10,25H,11-12H2,1-2H3,(H2,24,29)(H,27,31). The maximum atomic E-state index is 12.7. The minimum absolute atomic E-state index is 0.145. The lowest BCUT2D eigenvalue weighted by Crippen LogP contribution is -2.18. The zero-order chi connectivity index (χ0) is 22.0. The summed E-state index contributed by atoms with van der Waals surface area (Å²) in [5.41, 5.74) is 10.5. The van der Waals surface area contributed by atoms with Gasteiger partial charge in [0.25, 0.3) is 5.78 Å². The van der Waals surface area contributed by atoms with Gasteiger partial charge in [0.05, 0.1) is 17.1 Å². The minimum atomic E-state index is -0.179. The fourth-order valence-electron chi connectivity index (χ4n) is 3.37. The Morgan fingerprint density at radius 2 is 1.90 bits per heavy atom. The van der Waals surface area contributed by atoms with Crippen LogP contribution < -0.4 is 16.4 Å². The predicted molar refractivity (Wildman–Crippen MR) is 122 cm³/mol. The highest BCUT2D eigenvalue weighted by Crippen LogP contribution is 2.26. The highest BCUT2D eigenvalue weighted by atomic mass is 35.5. The number of fused-ring (bicyclic) bond motifs is 1. The van der Waals surface area contributed by atoms with E-state index in [0.717, 1.165) is 22.5 Å². The Kier molecular flexibility index (Phi) is 5.73. The lowest BCUT2D eigenvalue weighted by molar-refractivity contribution is -0.115. The summed E-state index contributed by atoms with van der Waals surface area (Å²) in [7, 11) is 0. The zero-order valence-electron chi connectivity index (χ0n) is 17.2. The van der Waals surface area contributed by atoms with Crippen molar-refractivity contribution in [1.82, 2.24) is 19.6 Å². The van der Waals surface area contributed by atoms with Crippen LogP contribution in [0.25, 0.3) is 5.78 Å². The summed E-state index contributed by atoms with van der Waals surface area (Å²) in [6.07, 6.45) is 0.145. The van der Waals surface area contributed by atoms with Crippen molar-refractivity contribution < 1.29 is 4.79 Å². The number of benzene rings is 2. The highest BCUT2D eigenvalue weighted by molar-refractivity contribution is 6.33. The fraction of sp³-hybridized carbons (Fsp3) is 0.182. The van der Waals surface area contributed by atoms with Gasteiger partial charge in [-0.15, -0.1) is 5.10 Å². The maximum Gasteiger partial charge on any atom is 0.254 e. The number of carbonyl (C=O) groups is 1. The van der Waals surface area contributed by atoms with Crippen molar-refractivity contribution in [3.63, 3.8) is 0 Å². The van der Waals surface area contributed by atoms with Crippen molar-refractivity contribution in [2.24, 2.45) is 0 Å². The minimum Gasteiger partial charge on any atom is -0.380 e. The van der Waals surface area contributed by atoms with Crippen LogP contribution in [0.5, 0.6) is 0 Å². The van der Waals surface area contributed by atoms with E-state index in [-0.39, 0.29) is 18.3 Å². The van der Waals surface area contributed by atoms with E-state index in [9.17, 15) is 4.79 Å². The lowest BCUT2D eigenvalue weighted by atomic mass is 10.1. The van der Waals surface area contributed by atoms with Crippen LogP contribution in [0.3, 0.4) is 0 Å². The second kappa shape index (κ2) is 8.61. The van der Waals surface area contributed by atoms with Gasteiger partial charge in [-0.3, -0.25) is 4.79 Å². The first-order chi connectivity index (χ1) is 14.9. The second-order valence-electron chi connectivity index (χ2n) is 7.20. The number of nitrogen functional groups attached to an aromatic ring is 1. The van der Waals surface area contributed by atoms with E-state index >= 15 is 0 Å². The Morgan fingerprint density at radius 3 is 2.65 bits per heavy atom. The normalized spacial score (nSPS) is 10.9. The molecule has 0 aliphatic heterocycles. The third-order valence-electron chi connectivity index (χ3n) is 4.98. The van der Waals surface area contributed by atoms with E-state index in [1.54, 1.807) is 10.6 Å². The van der Waals surface area contributed by atoms with Gasteiger partial charge in [-0.1, -0.05) is 41.9 Å². The topological polar surface area (TPSA) is 110 Å². The van der Waals surface area contributed by atoms with E-state index in [1.807, 2.05) is 56.3 Å². The average Bonchev–Trinajstić information content (AvgIpc) is 3.11. The number of hydrogen-bond acceptors (Lipinski definition) is 6. The largest absolute Gasteiger partial charge is 0.380 e. The molecule has 4 aromatic rings. The average molecular weight is 436 g/mol. The van der Waals surface area contributed by atoms with Crippen molar-refractivity contribution in [2.45, 2.75) is 26.8 Å². The van der Waals surface area contributed by atoms with Crippen LogP contribution in [0.4, 0.5) is 17.3 Å². The molecule has 9 heteroatoms. The molecule has 0 aliphatic carbocycles. The monoisotopic (exact) mass is 435 g/mol. The Morgan fingerprint density at radius 1 is 1.13 bits per heavy atom. The van der Waals surface area contributed by atoms with Gasteiger partial charge in [-0.05, 0) is 37.6 Å². The molecule has 0 atom stereocenters. The number of nitrogens with one attached hydrogen (secondary N) is 2. The van der Waals surface area contributed by atoms with Crippen LogP contribution in [0, 0.1) is 13.8 Å². The number of anilines is 3. The van der Waals surface area contributed by atoms with Gasteiger partial charge in [0.2, 0.25) is 11.9 Å². The van der Waals surface area contributed by atoms with E-state index in [1.165, 1.54) is 0 Å². The van der Waals surface area contributed by atoms with E-state index in [4.69, 9.17) is 17.3 Å². The van der Waals surface area contributed by atoms with Gasteiger partial charge in [0, 0.05) is 29.2 Å². The molecule has 8 nitrogen and oxygen atoms in total. The summed E-state index contributed by atoms with van der Waals surface area (Å²) < 4.78 is 1.55. The quantitative estimate of drug-likeness (QED) is 0.425. The molecule has 0 aliphatic rings. The van der Waals surface area contributed by atoms with Crippen LogP contribution in [0.15, 0.2) is 48.5 Å². The fourth-order valence-corrected chi connectivity index (χ4v) is 3.62.